The molecule has 0 radical (unpaired) electrons. The van der Waals surface area contributed by atoms with Crippen LogP contribution in [0.2, 0.25) is 0 Å². The van der Waals surface area contributed by atoms with Crippen LogP contribution in [-0.2, 0) is 4.79 Å². The van der Waals surface area contributed by atoms with E-state index in [0.29, 0.717) is 17.5 Å². The van der Waals surface area contributed by atoms with E-state index in [1.807, 2.05) is 12.1 Å². The molecule has 0 spiro atoms. The van der Waals surface area contributed by atoms with Crippen LogP contribution in [0, 0.1) is 5.92 Å². The largest absolute Gasteiger partial charge is 0.299 e. The van der Waals surface area contributed by atoms with Gasteiger partial charge < -0.3 is 0 Å². The minimum Gasteiger partial charge on any atom is -0.299 e. The number of carbonyl (C=O) groups is 3. The summed E-state index contributed by atoms with van der Waals surface area (Å²) < 4.78 is 0. The van der Waals surface area contributed by atoms with Gasteiger partial charge in [0.2, 0.25) is 0 Å². The van der Waals surface area contributed by atoms with E-state index in [0.717, 1.165) is 19.3 Å². The van der Waals surface area contributed by atoms with Crippen molar-refractivity contribution in [1.29, 1.82) is 0 Å². The number of Topliss-reactive ketones (excluding diaryl/α,β-unsaturated/α-hetero) is 3. The maximum atomic E-state index is 13.1. The van der Waals surface area contributed by atoms with Gasteiger partial charge in [0.25, 0.3) is 0 Å². The van der Waals surface area contributed by atoms with Crippen molar-refractivity contribution in [2.45, 2.75) is 116 Å². The summed E-state index contributed by atoms with van der Waals surface area (Å²) in [5, 5.41) is 0. The molecule has 0 aliphatic heterocycles. The second-order valence-electron chi connectivity index (χ2n) is 10.4. The van der Waals surface area contributed by atoms with E-state index in [4.69, 9.17) is 0 Å². The number of carbonyl (C=O) groups excluding carboxylic acids is 3. The Hall–Kier alpha value is -2.55. The van der Waals surface area contributed by atoms with Crippen LogP contribution < -0.4 is 0 Å². The second kappa shape index (κ2) is 19.5. The van der Waals surface area contributed by atoms with Crippen molar-refractivity contribution in [2.24, 2.45) is 5.92 Å². The van der Waals surface area contributed by atoms with Gasteiger partial charge in [-0.05, 0) is 6.42 Å². The highest BCUT2D eigenvalue weighted by molar-refractivity contribution is 6.14. The monoisotopic (exact) mass is 504 g/mol. The van der Waals surface area contributed by atoms with Crippen LogP contribution in [0.5, 0.6) is 0 Å². The summed E-state index contributed by atoms with van der Waals surface area (Å²) in [6.45, 7) is 2.27. The maximum absolute atomic E-state index is 13.1. The van der Waals surface area contributed by atoms with Gasteiger partial charge >= 0.3 is 0 Å². The lowest BCUT2D eigenvalue weighted by Gasteiger charge is -2.15. The summed E-state index contributed by atoms with van der Waals surface area (Å²) >= 11 is 0. The first-order valence-corrected chi connectivity index (χ1v) is 14.8. The van der Waals surface area contributed by atoms with Crippen LogP contribution >= 0.6 is 0 Å². The predicted octanol–water partition coefficient (Wildman–Crippen LogP) is 9.59. The van der Waals surface area contributed by atoms with Gasteiger partial charge in [-0.2, -0.15) is 0 Å². The molecule has 2 aromatic carbocycles. The lowest BCUT2D eigenvalue weighted by atomic mass is 9.85. The van der Waals surface area contributed by atoms with E-state index >= 15 is 0 Å². The van der Waals surface area contributed by atoms with E-state index in [2.05, 4.69) is 6.92 Å². The maximum Gasteiger partial charge on any atom is 0.173 e. The molecular weight excluding hydrogens is 456 g/mol. The molecule has 0 saturated carbocycles. The normalized spacial score (nSPS) is 11.8. The number of benzene rings is 2. The van der Waals surface area contributed by atoms with Crippen LogP contribution in [0.4, 0.5) is 0 Å². The van der Waals surface area contributed by atoms with Gasteiger partial charge in [0.05, 0.1) is 5.92 Å². The first-order chi connectivity index (χ1) is 18.1. The molecule has 37 heavy (non-hydrogen) atoms. The summed E-state index contributed by atoms with van der Waals surface area (Å²) in [5.74, 6) is -1.40. The molecule has 1 atom stereocenters. The first kappa shape index (κ1) is 30.7. The molecule has 0 heterocycles. The Morgan fingerprint density at radius 2 is 0.946 bits per heavy atom. The summed E-state index contributed by atoms with van der Waals surface area (Å²) in [6, 6.07) is 17.8. The zero-order valence-electron chi connectivity index (χ0n) is 23.1. The van der Waals surface area contributed by atoms with Gasteiger partial charge in [-0.3, -0.25) is 14.4 Å². The molecule has 0 fully saturated rings. The van der Waals surface area contributed by atoms with Crippen molar-refractivity contribution in [3.63, 3.8) is 0 Å². The van der Waals surface area contributed by atoms with Gasteiger partial charge in [-0.25, -0.2) is 0 Å². The fourth-order valence-corrected chi connectivity index (χ4v) is 4.93. The molecule has 3 nitrogen and oxygen atoms in total. The highest BCUT2D eigenvalue weighted by atomic mass is 16.2. The zero-order valence-corrected chi connectivity index (χ0v) is 23.1. The van der Waals surface area contributed by atoms with Crippen LogP contribution in [0.1, 0.15) is 137 Å². The Morgan fingerprint density at radius 1 is 0.541 bits per heavy atom. The summed E-state index contributed by atoms with van der Waals surface area (Å²) in [5.41, 5.74) is 1.05. The van der Waals surface area contributed by atoms with E-state index in [1.54, 1.807) is 48.5 Å². The lowest BCUT2D eigenvalue weighted by molar-refractivity contribution is -0.121. The molecular formula is C34H48O3. The van der Waals surface area contributed by atoms with Crippen molar-refractivity contribution in [3.05, 3.63) is 71.8 Å². The van der Waals surface area contributed by atoms with E-state index in [9.17, 15) is 14.4 Å². The van der Waals surface area contributed by atoms with E-state index < -0.39 is 5.92 Å². The van der Waals surface area contributed by atoms with Gasteiger partial charge in [0, 0.05) is 24.0 Å². The Kier molecular flexibility index (Phi) is 16.2. The molecule has 202 valence electrons. The molecule has 2 rings (SSSR count). The highest BCUT2D eigenvalue weighted by Crippen LogP contribution is 2.21. The summed E-state index contributed by atoms with van der Waals surface area (Å²) in [6.07, 6.45) is 19.4. The average Bonchev–Trinajstić information content (AvgIpc) is 2.94. The molecule has 0 aliphatic carbocycles. The SMILES string of the molecule is CCCCCCCCCCCCCCCCCC(=O)C(CC(=O)c1ccccc1)C(=O)c1ccccc1. The van der Waals surface area contributed by atoms with Gasteiger partial charge in [0.1, 0.15) is 5.78 Å². The van der Waals surface area contributed by atoms with E-state index in [-0.39, 0.29) is 23.8 Å². The Morgan fingerprint density at radius 3 is 1.41 bits per heavy atom. The first-order valence-electron chi connectivity index (χ1n) is 14.8. The Balaban J connectivity index is 1.65. The highest BCUT2D eigenvalue weighted by Gasteiger charge is 2.29. The van der Waals surface area contributed by atoms with Crippen molar-refractivity contribution < 1.29 is 14.4 Å². The number of rotatable bonds is 22. The molecule has 0 bridgehead atoms. The fourth-order valence-electron chi connectivity index (χ4n) is 4.93. The van der Waals surface area contributed by atoms with Gasteiger partial charge in [-0.1, -0.05) is 157 Å². The van der Waals surface area contributed by atoms with Crippen LogP contribution in [0.3, 0.4) is 0 Å². The molecule has 3 heteroatoms. The zero-order chi connectivity index (χ0) is 26.6. The topological polar surface area (TPSA) is 51.2 Å². The Labute approximate surface area is 225 Å². The third-order valence-electron chi connectivity index (χ3n) is 7.28. The molecule has 0 amide bonds. The molecule has 0 aliphatic rings. The molecule has 0 saturated heterocycles. The quantitative estimate of drug-likeness (QED) is 0.0911. The number of hydrogen-bond donors (Lipinski definition) is 0. The van der Waals surface area contributed by atoms with Crippen molar-refractivity contribution >= 4 is 17.3 Å². The predicted molar refractivity (Wildman–Crippen MR) is 154 cm³/mol. The average molecular weight is 505 g/mol. The molecule has 0 N–H and O–H groups in total. The van der Waals surface area contributed by atoms with Crippen molar-refractivity contribution in [1.82, 2.24) is 0 Å². The standard InChI is InChI=1S/C34H48O3/c1-2-3-4-5-6-7-8-9-10-11-12-13-14-15-22-27-32(35)31(34(37)30-25-20-17-21-26-30)28-33(36)29-23-18-16-19-24-29/h16-21,23-26,31H,2-15,22,27-28H2,1H3. The Bertz CT molecular complexity index is 888. The molecule has 0 aromatic heterocycles. The van der Waals surface area contributed by atoms with E-state index in [1.165, 1.54) is 77.0 Å². The summed E-state index contributed by atoms with van der Waals surface area (Å²) in [4.78, 5) is 39.0. The minimum absolute atomic E-state index is 0.0602. The van der Waals surface area contributed by atoms with Gasteiger partial charge in [-0.15, -0.1) is 0 Å². The molecule has 2 aromatic rings. The van der Waals surface area contributed by atoms with Gasteiger partial charge in [0.15, 0.2) is 11.6 Å². The summed E-state index contributed by atoms with van der Waals surface area (Å²) in [7, 11) is 0. The minimum atomic E-state index is -0.901. The molecule has 1 unspecified atom stereocenters. The third-order valence-corrected chi connectivity index (χ3v) is 7.28. The number of unbranched alkanes of at least 4 members (excludes halogenated alkanes) is 14. The smallest absolute Gasteiger partial charge is 0.173 e. The second-order valence-corrected chi connectivity index (χ2v) is 10.4. The van der Waals surface area contributed by atoms with Crippen LogP contribution in [-0.4, -0.2) is 17.3 Å². The lowest BCUT2D eigenvalue weighted by Crippen LogP contribution is -2.27. The third kappa shape index (κ3) is 13.0. The number of hydrogen-bond acceptors (Lipinski definition) is 3. The number of ketones is 3. The van der Waals surface area contributed by atoms with Crippen molar-refractivity contribution in [3.8, 4) is 0 Å². The van der Waals surface area contributed by atoms with Crippen molar-refractivity contribution in [2.75, 3.05) is 0 Å². The van der Waals surface area contributed by atoms with Crippen LogP contribution in [0.25, 0.3) is 0 Å². The van der Waals surface area contributed by atoms with Crippen LogP contribution in [0.15, 0.2) is 60.7 Å². The fraction of sp³-hybridized carbons (Fsp3) is 0.559.